The Morgan fingerprint density at radius 3 is 2.91 bits per heavy atom. The number of pyridine rings is 1. The van der Waals surface area contributed by atoms with Crippen LogP contribution in [0.15, 0.2) is 22.1 Å². The van der Waals surface area contributed by atoms with Crippen LogP contribution in [0.1, 0.15) is 11.3 Å². The molecule has 0 saturated carbocycles. The second-order valence-electron chi connectivity index (χ2n) is 2.17. The summed E-state index contributed by atoms with van der Waals surface area (Å²) in [6, 6.07) is 3.33. The standard InChI is InChI=1S/C7H8N2O2/c1-5-2-3-6(4-8-11)7(10)9-5/h2-4,11H,1H3,(H,9,10). The molecule has 2 N–H and O–H groups in total. The fourth-order valence-corrected chi connectivity index (χ4v) is 0.747. The molecule has 0 amide bonds. The quantitative estimate of drug-likeness (QED) is 0.349. The highest BCUT2D eigenvalue weighted by molar-refractivity contribution is 5.78. The van der Waals surface area contributed by atoms with Gasteiger partial charge in [0.05, 0.1) is 11.8 Å². The van der Waals surface area contributed by atoms with Crippen LogP contribution in [0.4, 0.5) is 0 Å². The molecule has 1 aromatic rings. The van der Waals surface area contributed by atoms with Gasteiger partial charge in [0, 0.05) is 5.69 Å². The Morgan fingerprint density at radius 2 is 2.36 bits per heavy atom. The van der Waals surface area contributed by atoms with Gasteiger partial charge < -0.3 is 10.2 Å². The molecule has 0 saturated heterocycles. The highest BCUT2D eigenvalue weighted by Gasteiger charge is 1.93. The average Bonchev–Trinajstić information content (AvgIpc) is 1.95. The summed E-state index contributed by atoms with van der Waals surface area (Å²) in [5.74, 6) is 0. The van der Waals surface area contributed by atoms with Crippen molar-refractivity contribution in [2.45, 2.75) is 6.92 Å². The summed E-state index contributed by atoms with van der Waals surface area (Å²) in [4.78, 5) is 13.5. The van der Waals surface area contributed by atoms with Crippen molar-refractivity contribution in [3.05, 3.63) is 33.7 Å². The van der Waals surface area contributed by atoms with Gasteiger partial charge in [0.15, 0.2) is 0 Å². The Kier molecular flexibility index (Phi) is 2.06. The predicted octanol–water partition coefficient (Wildman–Crippen LogP) is 0.491. The fraction of sp³-hybridized carbons (Fsp3) is 0.143. The lowest BCUT2D eigenvalue weighted by Crippen LogP contribution is -2.12. The zero-order valence-electron chi connectivity index (χ0n) is 6.03. The molecule has 1 aromatic heterocycles. The Hall–Kier alpha value is -1.58. The van der Waals surface area contributed by atoms with E-state index in [1.165, 1.54) is 0 Å². The zero-order chi connectivity index (χ0) is 8.27. The first-order valence-electron chi connectivity index (χ1n) is 3.11. The minimum atomic E-state index is -0.247. The van der Waals surface area contributed by atoms with E-state index in [2.05, 4.69) is 10.1 Å². The van der Waals surface area contributed by atoms with Gasteiger partial charge in [-0.1, -0.05) is 5.16 Å². The maximum Gasteiger partial charge on any atom is 0.257 e. The van der Waals surface area contributed by atoms with Crippen molar-refractivity contribution in [3.8, 4) is 0 Å². The van der Waals surface area contributed by atoms with Crippen LogP contribution in [0.2, 0.25) is 0 Å². The van der Waals surface area contributed by atoms with E-state index in [4.69, 9.17) is 5.21 Å². The molecule has 0 unspecified atom stereocenters. The van der Waals surface area contributed by atoms with Crippen LogP contribution in [0.3, 0.4) is 0 Å². The third-order valence-electron chi connectivity index (χ3n) is 1.28. The van der Waals surface area contributed by atoms with Gasteiger partial charge in [0.25, 0.3) is 5.56 Å². The van der Waals surface area contributed by atoms with Crippen molar-refractivity contribution < 1.29 is 5.21 Å². The number of hydrogen-bond donors (Lipinski definition) is 2. The second kappa shape index (κ2) is 3.01. The molecule has 0 aliphatic rings. The van der Waals surface area contributed by atoms with Crippen LogP contribution >= 0.6 is 0 Å². The molecule has 0 bridgehead atoms. The Morgan fingerprint density at radius 1 is 1.64 bits per heavy atom. The number of H-pyrrole nitrogens is 1. The van der Waals surface area contributed by atoms with Crippen molar-refractivity contribution >= 4 is 6.21 Å². The lowest BCUT2D eigenvalue weighted by molar-refractivity contribution is 0.322. The molecule has 4 heteroatoms. The van der Waals surface area contributed by atoms with E-state index in [-0.39, 0.29) is 5.56 Å². The van der Waals surface area contributed by atoms with E-state index >= 15 is 0 Å². The first kappa shape index (κ1) is 7.53. The lowest BCUT2D eigenvalue weighted by atomic mass is 10.3. The van der Waals surface area contributed by atoms with E-state index in [1.54, 1.807) is 19.1 Å². The predicted molar refractivity (Wildman–Crippen MR) is 41.2 cm³/mol. The Bertz CT molecular complexity index is 327. The molecule has 0 aliphatic heterocycles. The molecule has 11 heavy (non-hydrogen) atoms. The van der Waals surface area contributed by atoms with E-state index in [1.807, 2.05) is 0 Å². The SMILES string of the molecule is Cc1ccc(C=NO)c(=O)[nH]1. The van der Waals surface area contributed by atoms with E-state index in [0.29, 0.717) is 5.56 Å². The van der Waals surface area contributed by atoms with E-state index < -0.39 is 0 Å². The Labute approximate surface area is 63.2 Å². The summed E-state index contributed by atoms with van der Waals surface area (Å²) >= 11 is 0. The maximum absolute atomic E-state index is 11.0. The number of oxime groups is 1. The van der Waals surface area contributed by atoms with Crippen molar-refractivity contribution in [1.29, 1.82) is 0 Å². The lowest BCUT2D eigenvalue weighted by Gasteiger charge is -1.91. The molecule has 0 aromatic carbocycles. The molecule has 0 radical (unpaired) electrons. The minimum Gasteiger partial charge on any atom is -0.411 e. The summed E-state index contributed by atoms with van der Waals surface area (Å²) in [7, 11) is 0. The third kappa shape index (κ3) is 1.67. The highest BCUT2D eigenvalue weighted by atomic mass is 16.4. The largest absolute Gasteiger partial charge is 0.411 e. The monoisotopic (exact) mass is 152 g/mol. The van der Waals surface area contributed by atoms with Crippen molar-refractivity contribution in [2.24, 2.45) is 5.16 Å². The second-order valence-corrected chi connectivity index (χ2v) is 2.17. The van der Waals surface area contributed by atoms with E-state index in [0.717, 1.165) is 11.9 Å². The zero-order valence-corrected chi connectivity index (χ0v) is 6.03. The van der Waals surface area contributed by atoms with Crippen LogP contribution in [0, 0.1) is 6.92 Å². The molecule has 0 fully saturated rings. The van der Waals surface area contributed by atoms with Crippen LogP contribution in [-0.4, -0.2) is 16.4 Å². The van der Waals surface area contributed by atoms with Gasteiger partial charge in [-0.05, 0) is 19.1 Å². The number of hydrogen-bond acceptors (Lipinski definition) is 3. The number of aryl methyl sites for hydroxylation is 1. The van der Waals surface area contributed by atoms with Gasteiger partial charge in [-0.25, -0.2) is 0 Å². The van der Waals surface area contributed by atoms with Gasteiger partial charge >= 0.3 is 0 Å². The average molecular weight is 152 g/mol. The first-order chi connectivity index (χ1) is 5.24. The smallest absolute Gasteiger partial charge is 0.257 e. The normalized spacial score (nSPS) is 10.6. The topological polar surface area (TPSA) is 65.5 Å². The molecule has 0 atom stereocenters. The van der Waals surface area contributed by atoms with Crippen LogP contribution in [0.5, 0.6) is 0 Å². The van der Waals surface area contributed by atoms with Gasteiger partial charge in [-0.2, -0.15) is 0 Å². The molecule has 58 valence electrons. The van der Waals surface area contributed by atoms with Gasteiger partial charge in [-0.15, -0.1) is 0 Å². The van der Waals surface area contributed by atoms with Gasteiger partial charge in [0.2, 0.25) is 0 Å². The van der Waals surface area contributed by atoms with E-state index in [9.17, 15) is 4.79 Å². The molecule has 0 spiro atoms. The number of nitrogens with zero attached hydrogens (tertiary/aromatic N) is 1. The highest BCUT2D eigenvalue weighted by Crippen LogP contribution is 1.89. The van der Waals surface area contributed by atoms with Crippen LogP contribution in [0.25, 0.3) is 0 Å². The summed E-state index contributed by atoms with van der Waals surface area (Å²) in [5.41, 5.74) is 0.881. The van der Waals surface area contributed by atoms with Crippen LogP contribution in [-0.2, 0) is 0 Å². The van der Waals surface area contributed by atoms with Gasteiger partial charge in [0.1, 0.15) is 0 Å². The first-order valence-corrected chi connectivity index (χ1v) is 3.11. The molecular weight excluding hydrogens is 144 g/mol. The van der Waals surface area contributed by atoms with Crippen molar-refractivity contribution in [3.63, 3.8) is 0 Å². The number of rotatable bonds is 1. The number of nitrogens with one attached hydrogen (secondary N) is 1. The molecule has 1 rings (SSSR count). The third-order valence-corrected chi connectivity index (χ3v) is 1.28. The molecular formula is C7H8N2O2. The summed E-state index contributed by atoms with van der Waals surface area (Å²) in [6.45, 7) is 1.78. The number of aromatic amines is 1. The Balaban J connectivity index is 3.20. The molecule has 1 heterocycles. The van der Waals surface area contributed by atoms with Crippen molar-refractivity contribution in [2.75, 3.05) is 0 Å². The minimum absolute atomic E-state index is 0.247. The van der Waals surface area contributed by atoms with Gasteiger partial charge in [-0.3, -0.25) is 4.79 Å². The summed E-state index contributed by atoms with van der Waals surface area (Å²) in [5, 5.41) is 10.9. The number of aromatic nitrogens is 1. The fourth-order valence-electron chi connectivity index (χ4n) is 0.747. The molecule has 4 nitrogen and oxygen atoms in total. The summed E-state index contributed by atoms with van der Waals surface area (Å²) < 4.78 is 0. The summed E-state index contributed by atoms with van der Waals surface area (Å²) in [6.07, 6.45) is 1.10. The maximum atomic E-state index is 11.0. The van der Waals surface area contributed by atoms with Crippen LogP contribution < -0.4 is 5.56 Å². The van der Waals surface area contributed by atoms with Crippen molar-refractivity contribution in [1.82, 2.24) is 4.98 Å². The molecule has 0 aliphatic carbocycles.